The summed E-state index contributed by atoms with van der Waals surface area (Å²) in [5.41, 5.74) is 20.1. The second-order valence-electron chi connectivity index (χ2n) is 12.9. The molecule has 1 saturated heterocycles. The Balaban J connectivity index is 1.72. The van der Waals surface area contributed by atoms with Crippen LogP contribution in [0.25, 0.3) is 0 Å². The Morgan fingerprint density at radius 2 is 1.42 bits per heavy atom. The van der Waals surface area contributed by atoms with Crippen LogP contribution in [0.15, 0.2) is 12.1 Å². The lowest BCUT2D eigenvalue weighted by Gasteiger charge is -2.46. The second-order valence-corrected chi connectivity index (χ2v) is 12.9. The van der Waals surface area contributed by atoms with Gasteiger partial charge in [0, 0.05) is 25.2 Å². The molecule has 0 amide bonds. The van der Waals surface area contributed by atoms with Gasteiger partial charge in [-0.2, -0.15) is 0 Å². The predicted molar refractivity (Wildman–Crippen MR) is 143 cm³/mol. The summed E-state index contributed by atoms with van der Waals surface area (Å²) in [4.78, 5) is 0. The van der Waals surface area contributed by atoms with Gasteiger partial charge in [-0.05, 0) is 33.9 Å². The lowest BCUT2D eigenvalue weighted by atomic mass is 9.78. The number of nitrogens with one attached hydrogen (secondary N) is 1. The van der Waals surface area contributed by atoms with Gasteiger partial charge in [0.2, 0.25) is 0 Å². The first kappa shape index (κ1) is 31.2. The molecule has 11 nitrogen and oxygen atoms in total. The van der Waals surface area contributed by atoms with E-state index in [4.69, 9.17) is 26.7 Å². The number of rotatable bonds is 6. The first-order chi connectivity index (χ1) is 17.4. The van der Waals surface area contributed by atoms with E-state index < -0.39 is 61.0 Å². The molecule has 11 heteroatoms. The molecule has 0 unspecified atom stereocenters. The van der Waals surface area contributed by atoms with Crippen LogP contribution in [0.2, 0.25) is 0 Å². The van der Waals surface area contributed by atoms with Crippen molar-refractivity contribution in [3.63, 3.8) is 0 Å². The molecule has 12 N–H and O–H groups in total. The molecular weight excluding hydrogens is 492 g/mol. The normalized spacial score (nSPS) is 36.9. The van der Waals surface area contributed by atoms with E-state index in [0.717, 1.165) is 16.7 Å². The van der Waals surface area contributed by atoms with Crippen molar-refractivity contribution >= 4 is 0 Å². The standard InChI is InChI=1S/C27H48N4O7/c1-26(2,3)13-7-12(8-14(19(13)32)27(4,5)6)10-31-11-17-21(34)22(35)18(30)25(37-17)38-24-16(29)9-15(28)20(33)23(24)36/h7-8,15-18,20-25,31-36H,9-11,28-30H2,1-6H3/t15-,16+,17-,18-,20+,21-,22-,23-,24-,25-/m1/s1. The zero-order chi connectivity index (χ0) is 28.7. The summed E-state index contributed by atoms with van der Waals surface area (Å²) in [6, 6.07) is 1.46. The van der Waals surface area contributed by atoms with Gasteiger partial charge in [-0.15, -0.1) is 0 Å². The maximum absolute atomic E-state index is 11.0. The minimum Gasteiger partial charge on any atom is -0.507 e. The van der Waals surface area contributed by atoms with Gasteiger partial charge >= 0.3 is 0 Å². The maximum Gasteiger partial charge on any atom is 0.176 e. The summed E-state index contributed by atoms with van der Waals surface area (Å²) in [7, 11) is 0. The van der Waals surface area contributed by atoms with E-state index in [1.54, 1.807) is 0 Å². The van der Waals surface area contributed by atoms with Crippen LogP contribution < -0.4 is 22.5 Å². The number of ether oxygens (including phenoxy) is 2. The van der Waals surface area contributed by atoms with Crippen LogP contribution in [-0.4, -0.2) is 93.1 Å². The monoisotopic (exact) mass is 540 g/mol. The molecule has 10 atom stereocenters. The molecule has 1 heterocycles. The molecule has 2 fully saturated rings. The summed E-state index contributed by atoms with van der Waals surface area (Å²) < 4.78 is 11.8. The van der Waals surface area contributed by atoms with Crippen LogP contribution >= 0.6 is 0 Å². The van der Waals surface area contributed by atoms with E-state index in [-0.39, 0.29) is 23.8 Å². The number of aliphatic hydroxyl groups is 4. The van der Waals surface area contributed by atoms with Crippen LogP contribution in [-0.2, 0) is 26.8 Å². The third-order valence-electron chi connectivity index (χ3n) is 7.59. The van der Waals surface area contributed by atoms with Gasteiger partial charge < -0.3 is 57.5 Å². The average molecular weight is 541 g/mol. The predicted octanol–water partition coefficient (Wildman–Crippen LogP) is -0.984. The van der Waals surface area contributed by atoms with Crippen molar-refractivity contribution in [2.24, 2.45) is 17.2 Å². The van der Waals surface area contributed by atoms with Crippen LogP contribution in [0.1, 0.15) is 64.7 Å². The molecular formula is C27H48N4O7. The van der Waals surface area contributed by atoms with Crippen molar-refractivity contribution < 1.29 is 35.0 Å². The summed E-state index contributed by atoms with van der Waals surface area (Å²) in [5, 5.41) is 56.1. The molecule has 1 aromatic rings. The summed E-state index contributed by atoms with van der Waals surface area (Å²) >= 11 is 0. The molecule has 218 valence electrons. The molecule has 1 aliphatic carbocycles. The molecule has 1 aromatic carbocycles. The Hall–Kier alpha value is -1.38. The zero-order valence-electron chi connectivity index (χ0n) is 23.3. The summed E-state index contributed by atoms with van der Waals surface area (Å²) in [6.07, 6.45) is -8.06. The van der Waals surface area contributed by atoms with E-state index in [1.807, 2.05) is 53.7 Å². The summed E-state index contributed by atoms with van der Waals surface area (Å²) in [6.45, 7) is 12.9. The molecule has 0 spiro atoms. The lowest BCUT2D eigenvalue weighted by molar-refractivity contribution is -0.288. The highest BCUT2D eigenvalue weighted by Gasteiger charge is 2.48. The highest BCUT2D eigenvalue weighted by atomic mass is 16.7. The van der Waals surface area contributed by atoms with E-state index >= 15 is 0 Å². The molecule has 1 saturated carbocycles. The molecule has 2 aliphatic rings. The maximum atomic E-state index is 11.0. The fourth-order valence-electron chi connectivity index (χ4n) is 5.17. The highest BCUT2D eigenvalue weighted by molar-refractivity contribution is 5.49. The van der Waals surface area contributed by atoms with Crippen molar-refractivity contribution in [3.05, 3.63) is 28.8 Å². The van der Waals surface area contributed by atoms with E-state index in [1.165, 1.54) is 0 Å². The van der Waals surface area contributed by atoms with Gasteiger partial charge in [0.1, 0.15) is 36.3 Å². The number of phenols is 1. The van der Waals surface area contributed by atoms with Crippen molar-refractivity contribution in [2.45, 2.75) is 126 Å². The largest absolute Gasteiger partial charge is 0.507 e. The first-order valence-corrected chi connectivity index (χ1v) is 13.3. The highest BCUT2D eigenvalue weighted by Crippen LogP contribution is 2.39. The number of benzene rings is 1. The Morgan fingerprint density at radius 1 is 0.868 bits per heavy atom. The molecule has 38 heavy (non-hydrogen) atoms. The molecule has 3 rings (SSSR count). The van der Waals surface area contributed by atoms with Gasteiger partial charge in [-0.3, -0.25) is 0 Å². The summed E-state index contributed by atoms with van der Waals surface area (Å²) in [5.74, 6) is 0.297. The van der Waals surface area contributed by atoms with Gasteiger partial charge in [0.25, 0.3) is 0 Å². The topological polar surface area (TPSA) is 210 Å². The smallest absolute Gasteiger partial charge is 0.176 e. The SMILES string of the molecule is CC(C)(C)c1cc(CNC[C@H]2O[C@H](O[C@H]3[C@H](O)[C@@H](O)[C@H](N)C[C@@H]3N)[C@H](N)[C@@H](O)[C@@H]2O)cc(C(C)(C)C)c1O. The number of phenolic OH excluding ortho intramolecular Hbond substituents is 1. The average Bonchev–Trinajstić information content (AvgIpc) is 2.80. The van der Waals surface area contributed by atoms with Gasteiger partial charge in [-0.1, -0.05) is 53.7 Å². The molecule has 0 radical (unpaired) electrons. The molecule has 1 aliphatic heterocycles. The van der Waals surface area contributed by atoms with Gasteiger partial charge in [0.15, 0.2) is 6.29 Å². The van der Waals surface area contributed by atoms with Gasteiger partial charge in [-0.25, -0.2) is 0 Å². The molecule has 0 bridgehead atoms. The van der Waals surface area contributed by atoms with Crippen molar-refractivity contribution in [1.82, 2.24) is 5.32 Å². The van der Waals surface area contributed by atoms with E-state index in [2.05, 4.69) is 5.32 Å². The first-order valence-electron chi connectivity index (χ1n) is 13.3. The quantitative estimate of drug-likeness (QED) is 0.214. The Bertz CT molecular complexity index is 915. The number of hydrogen-bond acceptors (Lipinski definition) is 11. The minimum absolute atomic E-state index is 0.161. The number of aromatic hydroxyl groups is 1. The van der Waals surface area contributed by atoms with Crippen molar-refractivity contribution in [2.75, 3.05) is 6.54 Å². The Labute approximate surface area is 225 Å². The zero-order valence-corrected chi connectivity index (χ0v) is 23.3. The number of hydrogen-bond donors (Lipinski definition) is 9. The van der Waals surface area contributed by atoms with Crippen LogP contribution in [0.4, 0.5) is 0 Å². The van der Waals surface area contributed by atoms with E-state index in [0.29, 0.717) is 12.3 Å². The number of aliphatic hydroxyl groups excluding tert-OH is 4. The minimum atomic E-state index is -1.35. The van der Waals surface area contributed by atoms with Crippen molar-refractivity contribution in [3.8, 4) is 5.75 Å². The van der Waals surface area contributed by atoms with Crippen LogP contribution in [0.3, 0.4) is 0 Å². The third kappa shape index (κ3) is 6.67. The van der Waals surface area contributed by atoms with Crippen LogP contribution in [0.5, 0.6) is 5.75 Å². The second kappa shape index (κ2) is 11.6. The fourth-order valence-corrected chi connectivity index (χ4v) is 5.17. The van der Waals surface area contributed by atoms with Crippen molar-refractivity contribution in [1.29, 1.82) is 0 Å². The lowest BCUT2D eigenvalue weighted by Crippen LogP contribution is -2.67. The molecule has 0 aromatic heterocycles. The number of nitrogens with two attached hydrogens (primary N) is 3. The van der Waals surface area contributed by atoms with Crippen LogP contribution in [0, 0.1) is 0 Å². The Morgan fingerprint density at radius 3 is 1.95 bits per heavy atom. The Kier molecular flexibility index (Phi) is 9.52. The third-order valence-corrected chi connectivity index (χ3v) is 7.59. The van der Waals surface area contributed by atoms with E-state index in [9.17, 15) is 25.5 Å². The fraction of sp³-hybridized carbons (Fsp3) is 0.778. The van der Waals surface area contributed by atoms with Gasteiger partial charge in [0.05, 0.1) is 12.1 Å².